The number of hydrogen-bond acceptors (Lipinski definition) is 3. The number of carbonyl (C=O) groups excluding carboxylic acids is 1. The lowest BCUT2D eigenvalue weighted by Gasteiger charge is -2.10. The van der Waals surface area contributed by atoms with Crippen molar-refractivity contribution in [3.05, 3.63) is 53.6 Å². The molecule has 1 amide bonds. The van der Waals surface area contributed by atoms with Crippen molar-refractivity contribution in [1.29, 1.82) is 0 Å². The number of ether oxygens (including phenoxy) is 1. The zero-order chi connectivity index (χ0) is 14.7. The van der Waals surface area contributed by atoms with Gasteiger partial charge in [-0.15, -0.1) is 0 Å². The van der Waals surface area contributed by atoms with Crippen molar-refractivity contribution in [1.82, 2.24) is 0 Å². The third kappa shape index (κ3) is 2.69. The standard InChI is InChI=1S/C14H12F2N2O2/c1-20-8-5-6-9(12(17)7-8)14(19)18-13-10(15)3-2-4-11(13)16/h2-7H,17H2,1H3,(H,18,19). The van der Waals surface area contributed by atoms with Crippen molar-refractivity contribution < 1.29 is 18.3 Å². The van der Waals surface area contributed by atoms with Crippen LogP contribution < -0.4 is 15.8 Å². The van der Waals surface area contributed by atoms with Gasteiger partial charge in [-0.25, -0.2) is 8.78 Å². The van der Waals surface area contributed by atoms with Crippen LogP contribution in [-0.4, -0.2) is 13.0 Å². The largest absolute Gasteiger partial charge is 0.497 e. The second-order valence-electron chi connectivity index (χ2n) is 4.00. The predicted octanol–water partition coefficient (Wildman–Crippen LogP) is 2.81. The molecule has 0 fully saturated rings. The molecular formula is C14H12F2N2O2. The fourth-order valence-electron chi connectivity index (χ4n) is 1.67. The van der Waals surface area contributed by atoms with Gasteiger partial charge < -0.3 is 15.8 Å². The van der Waals surface area contributed by atoms with E-state index in [9.17, 15) is 13.6 Å². The fourth-order valence-corrected chi connectivity index (χ4v) is 1.67. The third-order valence-corrected chi connectivity index (χ3v) is 2.70. The smallest absolute Gasteiger partial charge is 0.257 e. The van der Waals surface area contributed by atoms with Crippen molar-refractivity contribution in [3.63, 3.8) is 0 Å². The highest BCUT2D eigenvalue weighted by molar-refractivity contribution is 6.08. The lowest BCUT2D eigenvalue weighted by Crippen LogP contribution is -2.16. The molecular weight excluding hydrogens is 266 g/mol. The first-order valence-corrected chi connectivity index (χ1v) is 5.72. The molecule has 0 spiro atoms. The van der Waals surface area contributed by atoms with Gasteiger partial charge in [-0.3, -0.25) is 4.79 Å². The van der Waals surface area contributed by atoms with E-state index in [1.54, 1.807) is 0 Å². The molecule has 0 unspecified atom stereocenters. The predicted molar refractivity (Wildman–Crippen MR) is 71.7 cm³/mol. The molecule has 0 aliphatic carbocycles. The summed E-state index contributed by atoms with van der Waals surface area (Å²) in [7, 11) is 1.46. The monoisotopic (exact) mass is 278 g/mol. The molecule has 6 heteroatoms. The molecule has 104 valence electrons. The number of methoxy groups -OCH3 is 1. The summed E-state index contributed by atoms with van der Waals surface area (Å²) < 4.78 is 31.8. The number of benzene rings is 2. The number of halogens is 2. The second-order valence-corrected chi connectivity index (χ2v) is 4.00. The third-order valence-electron chi connectivity index (χ3n) is 2.70. The zero-order valence-electron chi connectivity index (χ0n) is 10.6. The van der Waals surface area contributed by atoms with E-state index in [-0.39, 0.29) is 11.3 Å². The molecule has 4 nitrogen and oxygen atoms in total. The number of carbonyl (C=O) groups is 1. The SMILES string of the molecule is COc1ccc(C(=O)Nc2c(F)cccc2F)c(N)c1. The van der Waals surface area contributed by atoms with Crippen LogP contribution in [0.15, 0.2) is 36.4 Å². The number of rotatable bonds is 3. The summed E-state index contributed by atoms with van der Waals surface area (Å²) in [6, 6.07) is 7.71. The second kappa shape index (κ2) is 5.56. The van der Waals surface area contributed by atoms with Gasteiger partial charge in [0.25, 0.3) is 5.91 Å². The van der Waals surface area contributed by atoms with Gasteiger partial charge in [0.05, 0.1) is 12.7 Å². The van der Waals surface area contributed by atoms with Crippen LogP contribution in [0.4, 0.5) is 20.2 Å². The highest BCUT2D eigenvalue weighted by Crippen LogP contribution is 2.23. The Morgan fingerprint density at radius 1 is 1.20 bits per heavy atom. The molecule has 2 aromatic carbocycles. The van der Waals surface area contributed by atoms with Crippen LogP contribution >= 0.6 is 0 Å². The van der Waals surface area contributed by atoms with E-state index < -0.39 is 23.2 Å². The van der Waals surface area contributed by atoms with Gasteiger partial charge in [0.2, 0.25) is 0 Å². The van der Waals surface area contributed by atoms with Crippen LogP contribution in [0.3, 0.4) is 0 Å². The average Bonchev–Trinajstić information content (AvgIpc) is 2.42. The van der Waals surface area contributed by atoms with E-state index in [0.29, 0.717) is 5.75 Å². The van der Waals surface area contributed by atoms with Crippen LogP contribution in [0.25, 0.3) is 0 Å². The number of nitrogens with two attached hydrogens (primary N) is 1. The summed E-state index contributed by atoms with van der Waals surface area (Å²) in [6.45, 7) is 0. The van der Waals surface area contributed by atoms with Crippen LogP contribution in [0.1, 0.15) is 10.4 Å². The minimum absolute atomic E-state index is 0.105. The van der Waals surface area contributed by atoms with E-state index in [1.807, 2.05) is 0 Å². The molecule has 0 saturated carbocycles. The Morgan fingerprint density at radius 3 is 2.40 bits per heavy atom. The summed E-state index contributed by atoms with van der Waals surface area (Å²) >= 11 is 0. The normalized spacial score (nSPS) is 10.2. The van der Waals surface area contributed by atoms with Crippen molar-refractivity contribution in [2.45, 2.75) is 0 Å². The summed E-state index contributed by atoms with van der Waals surface area (Å²) in [5, 5.41) is 2.16. The van der Waals surface area contributed by atoms with Gasteiger partial charge in [0.1, 0.15) is 23.1 Å². The van der Waals surface area contributed by atoms with Gasteiger partial charge in [-0.1, -0.05) is 6.07 Å². The molecule has 2 rings (SSSR count). The Labute approximate surface area is 114 Å². The summed E-state index contributed by atoms with van der Waals surface area (Å²) in [4.78, 5) is 12.0. The van der Waals surface area contributed by atoms with Gasteiger partial charge in [-0.05, 0) is 24.3 Å². The molecule has 0 bridgehead atoms. The Bertz CT molecular complexity index is 639. The molecule has 0 radical (unpaired) electrons. The molecule has 0 atom stereocenters. The number of amides is 1. The molecule has 0 aliphatic rings. The van der Waals surface area contributed by atoms with Crippen LogP contribution in [0.5, 0.6) is 5.75 Å². The van der Waals surface area contributed by atoms with Gasteiger partial charge >= 0.3 is 0 Å². The van der Waals surface area contributed by atoms with Gasteiger partial charge in [0.15, 0.2) is 0 Å². The van der Waals surface area contributed by atoms with Crippen LogP contribution in [0, 0.1) is 11.6 Å². The number of anilines is 2. The molecule has 0 aliphatic heterocycles. The van der Waals surface area contributed by atoms with E-state index in [2.05, 4.69) is 5.32 Å². The van der Waals surface area contributed by atoms with E-state index in [4.69, 9.17) is 10.5 Å². The first kappa shape index (κ1) is 13.8. The van der Waals surface area contributed by atoms with Crippen molar-refractivity contribution in [3.8, 4) is 5.75 Å². The minimum Gasteiger partial charge on any atom is -0.497 e. The molecule has 2 aromatic rings. The highest BCUT2D eigenvalue weighted by Gasteiger charge is 2.15. The Balaban J connectivity index is 2.29. The quantitative estimate of drug-likeness (QED) is 0.848. The molecule has 0 saturated heterocycles. The minimum atomic E-state index is -0.856. The summed E-state index contributed by atoms with van der Waals surface area (Å²) in [6.07, 6.45) is 0. The highest BCUT2D eigenvalue weighted by atomic mass is 19.1. The maximum Gasteiger partial charge on any atom is 0.257 e. The molecule has 20 heavy (non-hydrogen) atoms. The first-order chi connectivity index (χ1) is 9.52. The van der Waals surface area contributed by atoms with Crippen molar-refractivity contribution in [2.24, 2.45) is 0 Å². The Morgan fingerprint density at radius 2 is 1.85 bits per heavy atom. The maximum absolute atomic E-state index is 13.4. The topological polar surface area (TPSA) is 64.3 Å². The van der Waals surface area contributed by atoms with E-state index >= 15 is 0 Å². The molecule has 0 aromatic heterocycles. The Kier molecular flexibility index (Phi) is 3.84. The molecule has 0 heterocycles. The van der Waals surface area contributed by atoms with Crippen LogP contribution in [-0.2, 0) is 0 Å². The lowest BCUT2D eigenvalue weighted by molar-refractivity contribution is 0.102. The lowest BCUT2D eigenvalue weighted by atomic mass is 10.1. The maximum atomic E-state index is 13.4. The molecule has 3 N–H and O–H groups in total. The van der Waals surface area contributed by atoms with Crippen LogP contribution in [0.2, 0.25) is 0 Å². The van der Waals surface area contributed by atoms with E-state index in [0.717, 1.165) is 12.1 Å². The van der Waals surface area contributed by atoms with Crippen molar-refractivity contribution in [2.75, 3.05) is 18.2 Å². The number of hydrogen-bond donors (Lipinski definition) is 2. The number of nitrogen functional groups attached to an aromatic ring is 1. The zero-order valence-corrected chi connectivity index (χ0v) is 10.6. The van der Waals surface area contributed by atoms with Gasteiger partial charge in [0, 0.05) is 11.8 Å². The number of para-hydroxylation sites is 1. The Hall–Kier alpha value is -2.63. The number of nitrogens with one attached hydrogen (secondary N) is 1. The fraction of sp³-hybridized carbons (Fsp3) is 0.0714. The summed E-state index contributed by atoms with van der Waals surface area (Å²) in [5.74, 6) is -1.93. The van der Waals surface area contributed by atoms with Crippen molar-refractivity contribution >= 4 is 17.3 Å². The van der Waals surface area contributed by atoms with Gasteiger partial charge in [-0.2, -0.15) is 0 Å². The summed E-state index contributed by atoms with van der Waals surface area (Å²) in [5.41, 5.74) is 5.45. The average molecular weight is 278 g/mol. The first-order valence-electron chi connectivity index (χ1n) is 5.72. The van der Waals surface area contributed by atoms with E-state index in [1.165, 1.54) is 31.4 Å².